The Hall–Kier alpha value is -2.66. The number of alkyl carbamates (subject to hydrolysis) is 1. The third-order valence-electron chi connectivity index (χ3n) is 3.42. The average Bonchev–Trinajstić information content (AvgIpc) is 2.59. The SMILES string of the molecule is CC(C)(C)OC(=O)NC(Sc1ccccc1)c1ccc(C#N)cc1C(F)(F)F. The van der Waals surface area contributed by atoms with E-state index < -0.39 is 28.8 Å². The lowest BCUT2D eigenvalue weighted by molar-refractivity contribution is -0.138. The summed E-state index contributed by atoms with van der Waals surface area (Å²) in [6.45, 7) is 4.98. The van der Waals surface area contributed by atoms with Gasteiger partial charge in [-0.3, -0.25) is 0 Å². The van der Waals surface area contributed by atoms with Gasteiger partial charge in [0.05, 0.1) is 17.2 Å². The predicted molar refractivity (Wildman–Crippen MR) is 101 cm³/mol. The number of nitriles is 1. The van der Waals surface area contributed by atoms with Crippen molar-refractivity contribution in [2.45, 2.75) is 42.8 Å². The fourth-order valence-corrected chi connectivity index (χ4v) is 3.39. The van der Waals surface area contributed by atoms with E-state index in [2.05, 4.69) is 5.32 Å². The minimum Gasteiger partial charge on any atom is -0.444 e. The van der Waals surface area contributed by atoms with Crippen molar-refractivity contribution < 1.29 is 22.7 Å². The van der Waals surface area contributed by atoms with Crippen LogP contribution in [0.15, 0.2) is 53.4 Å². The average molecular weight is 408 g/mol. The van der Waals surface area contributed by atoms with Crippen LogP contribution in [0.5, 0.6) is 0 Å². The van der Waals surface area contributed by atoms with Gasteiger partial charge in [0.15, 0.2) is 0 Å². The monoisotopic (exact) mass is 408 g/mol. The van der Waals surface area contributed by atoms with E-state index in [0.29, 0.717) is 4.90 Å². The number of benzene rings is 2. The van der Waals surface area contributed by atoms with Crippen molar-refractivity contribution in [2.24, 2.45) is 0 Å². The smallest absolute Gasteiger partial charge is 0.416 e. The lowest BCUT2D eigenvalue weighted by Gasteiger charge is -2.25. The Balaban J connectivity index is 2.46. The molecular formula is C20H19F3N2O2S. The lowest BCUT2D eigenvalue weighted by Crippen LogP contribution is -2.34. The number of ether oxygens (including phenoxy) is 1. The molecule has 0 aliphatic rings. The van der Waals surface area contributed by atoms with E-state index in [-0.39, 0.29) is 11.1 Å². The molecule has 0 aromatic heterocycles. The van der Waals surface area contributed by atoms with Crippen LogP contribution in [-0.2, 0) is 10.9 Å². The summed E-state index contributed by atoms with van der Waals surface area (Å²) in [4.78, 5) is 12.9. The van der Waals surface area contributed by atoms with Gasteiger partial charge in [-0.15, -0.1) is 0 Å². The molecule has 2 aromatic rings. The van der Waals surface area contributed by atoms with Crippen LogP contribution in [0.4, 0.5) is 18.0 Å². The summed E-state index contributed by atoms with van der Waals surface area (Å²) in [7, 11) is 0. The zero-order chi connectivity index (χ0) is 20.9. The number of alkyl halides is 3. The zero-order valence-corrected chi connectivity index (χ0v) is 16.3. The van der Waals surface area contributed by atoms with E-state index in [1.165, 1.54) is 12.1 Å². The minimum absolute atomic E-state index is 0.114. The summed E-state index contributed by atoms with van der Waals surface area (Å²) in [5.74, 6) is 0. The van der Waals surface area contributed by atoms with Gasteiger partial charge in [0.1, 0.15) is 11.0 Å². The standard InChI is InChI=1S/C20H19F3N2O2S/c1-19(2,3)27-18(26)25-17(28-14-7-5-4-6-8-14)15-10-9-13(12-24)11-16(15)20(21,22)23/h4-11,17H,1-3H3,(H,25,26). The molecule has 1 amide bonds. The Morgan fingerprint density at radius 3 is 2.32 bits per heavy atom. The van der Waals surface area contributed by atoms with Gasteiger partial charge in [-0.25, -0.2) is 4.79 Å². The highest BCUT2D eigenvalue weighted by Crippen LogP contribution is 2.41. The Labute approximate surface area is 165 Å². The molecule has 0 saturated heterocycles. The Morgan fingerprint density at radius 1 is 1.14 bits per heavy atom. The Morgan fingerprint density at radius 2 is 1.79 bits per heavy atom. The molecule has 8 heteroatoms. The summed E-state index contributed by atoms with van der Waals surface area (Å²) < 4.78 is 46.0. The van der Waals surface area contributed by atoms with Gasteiger partial charge in [0.25, 0.3) is 0 Å². The maximum Gasteiger partial charge on any atom is 0.416 e. The normalized spacial score (nSPS) is 12.8. The molecule has 0 heterocycles. The topological polar surface area (TPSA) is 62.1 Å². The van der Waals surface area contributed by atoms with Crippen molar-refractivity contribution in [1.29, 1.82) is 5.26 Å². The van der Waals surface area contributed by atoms with E-state index in [0.717, 1.165) is 17.8 Å². The van der Waals surface area contributed by atoms with Crippen molar-refractivity contribution in [3.05, 3.63) is 65.2 Å². The van der Waals surface area contributed by atoms with Gasteiger partial charge in [-0.2, -0.15) is 18.4 Å². The lowest BCUT2D eigenvalue weighted by atomic mass is 10.0. The molecular weight excluding hydrogens is 389 g/mol. The highest BCUT2D eigenvalue weighted by Gasteiger charge is 2.36. The summed E-state index contributed by atoms with van der Waals surface area (Å²) in [5, 5.41) is 10.4. The number of hydrogen-bond acceptors (Lipinski definition) is 4. The molecule has 2 aromatic carbocycles. The fraction of sp³-hybridized carbons (Fsp3) is 0.300. The van der Waals surface area contributed by atoms with Crippen molar-refractivity contribution in [3.8, 4) is 6.07 Å². The van der Waals surface area contributed by atoms with E-state index in [1.807, 2.05) is 0 Å². The minimum atomic E-state index is -4.69. The molecule has 28 heavy (non-hydrogen) atoms. The molecule has 1 atom stereocenters. The van der Waals surface area contributed by atoms with Gasteiger partial charge < -0.3 is 10.1 Å². The Kier molecular flexibility index (Phi) is 6.62. The highest BCUT2D eigenvalue weighted by molar-refractivity contribution is 7.99. The van der Waals surface area contributed by atoms with Gasteiger partial charge in [-0.05, 0) is 50.6 Å². The zero-order valence-electron chi connectivity index (χ0n) is 15.5. The number of rotatable bonds is 4. The van der Waals surface area contributed by atoms with Crippen molar-refractivity contribution in [1.82, 2.24) is 5.32 Å². The first kappa shape index (κ1) is 21.6. The highest BCUT2D eigenvalue weighted by atomic mass is 32.2. The third-order valence-corrected chi connectivity index (χ3v) is 4.57. The molecule has 0 spiro atoms. The van der Waals surface area contributed by atoms with Crippen LogP contribution in [0.25, 0.3) is 0 Å². The van der Waals surface area contributed by atoms with Crippen LogP contribution in [0.1, 0.15) is 42.8 Å². The molecule has 148 valence electrons. The number of hydrogen-bond donors (Lipinski definition) is 1. The quantitative estimate of drug-likeness (QED) is 0.506. The van der Waals surface area contributed by atoms with E-state index in [9.17, 15) is 18.0 Å². The van der Waals surface area contributed by atoms with Gasteiger partial charge >= 0.3 is 12.3 Å². The molecule has 0 aliphatic carbocycles. The first-order valence-electron chi connectivity index (χ1n) is 8.32. The van der Waals surface area contributed by atoms with Crippen LogP contribution < -0.4 is 5.32 Å². The van der Waals surface area contributed by atoms with Crippen LogP contribution in [0.2, 0.25) is 0 Å². The summed E-state index contributed by atoms with van der Waals surface area (Å²) in [6.07, 6.45) is -5.52. The second-order valence-electron chi connectivity index (χ2n) is 6.87. The number of nitrogens with one attached hydrogen (secondary N) is 1. The summed E-state index contributed by atoms with van der Waals surface area (Å²) in [6, 6.07) is 13.7. The van der Waals surface area contributed by atoms with Crippen molar-refractivity contribution in [2.75, 3.05) is 0 Å². The number of nitrogens with zero attached hydrogens (tertiary/aromatic N) is 1. The van der Waals surface area contributed by atoms with E-state index in [4.69, 9.17) is 10.00 Å². The van der Waals surface area contributed by atoms with Crippen LogP contribution >= 0.6 is 11.8 Å². The van der Waals surface area contributed by atoms with Crippen molar-refractivity contribution in [3.63, 3.8) is 0 Å². The number of halogens is 3. The molecule has 0 aliphatic heterocycles. The van der Waals surface area contributed by atoms with E-state index in [1.54, 1.807) is 57.2 Å². The number of carbonyl (C=O) groups excluding carboxylic acids is 1. The first-order valence-corrected chi connectivity index (χ1v) is 9.20. The number of carbonyl (C=O) groups is 1. The fourth-order valence-electron chi connectivity index (χ4n) is 2.32. The van der Waals surface area contributed by atoms with Gasteiger partial charge in [0.2, 0.25) is 0 Å². The maximum atomic E-state index is 13.6. The molecule has 0 fully saturated rings. The van der Waals surface area contributed by atoms with Crippen LogP contribution in [0, 0.1) is 11.3 Å². The molecule has 0 bridgehead atoms. The number of amides is 1. The maximum absolute atomic E-state index is 13.6. The second kappa shape index (κ2) is 8.57. The largest absolute Gasteiger partial charge is 0.444 e. The predicted octanol–water partition coefficient (Wildman–Crippen LogP) is 5.89. The second-order valence-corrected chi connectivity index (χ2v) is 8.05. The Bertz CT molecular complexity index is 872. The number of thioether (sulfide) groups is 1. The molecule has 2 rings (SSSR count). The van der Waals surface area contributed by atoms with E-state index >= 15 is 0 Å². The van der Waals surface area contributed by atoms with Gasteiger partial charge in [0, 0.05) is 4.90 Å². The third kappa shape index (κ3) is 6.20. The molecule has 0 radical (unpaired) electrons. The molecule has 4 nitrogen and oxygen atoms in total. The molecule has 0 saturated carbocycles. The summed E-state index contributed by atoms with van der Waals surface area (Å²) >= 11 is 1.05. The first-order chi connectivity index (χ1) is 13.0. The van der Waals surface area contributed by atoms with Crippen LogP contribution in [-0.4, -0.2) is 11.7 Å². The molecule has 1 unspecified atom stereocenters. The summed E-state index contributed by atoms with van der Waals surface area (Å²) in [5.41, 5.74) is -2.05. The molecule has 1 N–H and O–H groups in total. The van der Waals surface area contributed by atoms with Crippen molar-refractivity contribution >= 4 is 17.9 Å². The van der Waals surface area contributed by atoms with Gasteiger partial charge in [-0.1, -0.05) is 36.0 Å². The van der Waals surface area contributed by atoms with Crippen LogP contribution in [0.3, 0.4) is 0 Å².